The molecular formula is C13H18N2OS. The lowest BCUT2D eigenvalue weighted by Gasteiger charge is -2.09. The number of nitrogens with one attached hydrogen (secondary N) is 1. The van der Waals surface area contributed by atoms with Crippen LogP contribution in [0.4, 0.5) is 0 Å². The van der Waals surface area contributed by atoms with Crippen molar-refractivity contribution in [1.29, 1.82) is 0 Å². The van der Waals surface area contributed by atoms with Gasteiger partial charge in [-0.3, -0.25) is 4.79 Å². The molecule has 0 aliphatic rings. The maximum absolute atomic E-state index is 11.6. The molecule has 17 heavy (non-hydrogen) atoms. The van der Waals surface area contributed by atoms with Gasteiger partial charge in [0, 0.05) is 11.5 Å². The number of benzene rings is 1. The number of carbonyl (C=O) groups excluding carboxylic acids is 1. The van der Waals surface area contributed by atoms with Crippen LogP contribution in [0.2, 0.25) is 0 Å². The summed E-state index contributed by atoms with van der Waals surface area (Å²) in [6.45, 7) is 5.59. The van der Waals surface area contributed by atoms with Crippen LogP contribution < -0.4 is 5.43 Å². The van der Waals surface area contributed by atoms with Crippen molar-refractivity contribution in [2.24, 2.45) is 5.10 Å². The Morgan fingerprint density at radius 3 is 2.59 bits per heavy atom. The molecule has 1 atom stereocenters. The van der Waals surface area contributed by atoms with Gasteiger partial charge in [0.1, 0.15) is 0 Å². The minimum absolute atomic E-state index is 0.0490. The molecule has 0 saturated carbocycles. The van der Waals surface area contributed by atoms with Gasteiger partial charge < -0.3 is 0 Å². The molecule has 0 aliphatic heterocycles. The standard InChI is InChI=1S/C13H18N2OS/c1-10(2)14-15-13(16)11(3)17-9-12-7-5-4-6-8-12/h4-8,11H,9H2,1-3H3,(H,15,16)/t11-/m1/s1. The molecule has 1 aromatic rings. The first-order valence-electron chi connectivity index (χ1n) is 5.56. The topological polar surface area (TPSA) is 41.5 Å². The normalized spacial score (nSPS) is 11.7. The van der Waals surface area contributed by atoms with E-state index < -0.39 is 0 Å². The number of carbonyl (C=O) groups is 1. The van der Waals surface area contributed by atoms with Crippen LogP contribution in [0.25, 0.3) is 0 Å². The summed E-state index contributed by atoms with van der Waals surface area (Å²) in [5, 5.41) is 3.81. The summed E-state index contributed by atoms with van der Waals surface area (Å²) in [6.07, 6.45) is 0. The Balaban J connectivity index is 2.37. The number of rotatable bonds is 5. The number of hydrazone groups is 1. The van der Waals surface area contributed by atoms with Crippen molar-refractivity contribution in [2.45, 2.75) is 31.8 Å². The van der Waals surface area contributed by atoms with E-state index in [2.05, 4.69) is 22.7 Å². The first-order valence-corrected chi connectivity index (χ1v) is 6.60. The van der Waals surface area contributed by atoms with Crippen molar-refractivity contribution in [1.82, 2.24) is 5.43 Å². The highest BCUT2D eigenvalue weighted by atomic mass is 32.2. The van der Waals surface area contributed by atoms with Gasteiger partial charge in [-0.15, -0.1) is 11.8 Å². The Hall–Kier alpha value is -1.29. The summed E-state index contributed by atoms with van der Waals surface area (Å²) in [5.41, 5.74) is 4.62. The predicted molar refractivity (Wildman–Crippen MR) is 74.1 cm³/mol. The fourth-order valence-electron chi connectivity index (χ4n) is 1.13. The van der Waals surface area contributed by atoms with Crippen molar-refractivity contribution in [3.05, 3.63) is 35.9 Å². The van der Waals surface area contributed by atoms with Crippen LogP contribution in [0.15, 0.2) is 35.4 Å². The van der Waals surface area contributed by atoms with E-state index in [1.54, 1.807) is 11.8 Å². The van der Waals surface area contributed by atoms with Gasteiger partial charge in [0.15, 0.2) is 0 Å². The molecular weight excluding hydrogens is 232 g/mol. The van der Waals surface area contributed by atoms with Crippen molar-refractivity contribution in [2.75, 3.05) is 0 Å². The molecule has 3 nitrogen and oxygen atoms in total. The highest BCUT2D eigenvalue weighted by Crippen LogP contribution is 2.17. The van der Waals surface area contributed by atoms with E-state index in [0.29, 0.717) is 0 Å². The van der Waals surface area contributed by atoms with Crippen LogP contribution in [0.3, 0.4) is 0 Å². The summed E-state index contributed by atoms with van der Waals surface area (Å²) in [5.74, 6) is 0.789. The quantitative estimate of drug-likeness (QED) is 0.645. The van der Waals surface area contributed by atoms with E-state index in [-0.39, 0.29) is 11.2 Å². The summed E-state index contributed by atoms with van der Waals surface area (Å²) in [6, 6.07) is 10.1. The molecule has 0 saturated heterocycles. The Labute approximate surface area is 107 Å². The van der Waals surface area contributed by atoms with Gasteiger partial charge in [-0.05, 0) is 26.3 Å². The maximum atomic E-state index is 11.6. The van der Waals surface area contributed by atoms with Gasteiger partial charge in [0.25, 0.3) is 5.91 Å². The summed E-state index contributed by atoms with van der Waals surface area (Å²) in [4.78, 5) is 11.6. The fraction of sp³-hybridized carbons (Fsp3) is 0.385. The highest BCUT2D eigenvalue weighted by molar-refractivity contribution is 7.99. The molecule has 0 unspecified atom stereocenters. The van der Waals surface area contributed by atoms with Crippen molar-refractivity contribution in [3.8, 4) is 0 Å². The lowest BCUT2D eigenvalue weighted by molar-refractivity contribution is -0.120. The van der Waals surface area contributed by atoms with Crippen molar-refractivity contribution < 1.29 is 4.79 Å². The first-order chi connectivity index (χ1) is 8.09. The maximum Gasteiger partial charge on any atom is 0.252 e. The zero-order valence-corrected chi connectivity index (χ0v) is 11.3. The Kier molecular flexibility index (Phi) is 5.77. The molecule has 1 amide bonds. The zero-order valence-electron chi connectivity index (χ0n) is 10.4. The van der Waals surface area contributed by atoms with Crippen LogP contribution in [-0.4, -0.2) is 16.9 Å². The monoisotopic (exact) mass is 250 g/mol. The second kappa shape index (κ2) is 7.12. The third kappa shape index (κ3) is 5.54. The molecule has 0 aliphatic carbocycles. The first kappa shape index (κ1) is 13.8. The Bertz CT molecular complexity index is 386. The molecule has 0 heterocycles. The second-order valence-electron chi connectivity index (χ2n) is 3.97. The predicted octanol–water partition coefficient (Wildman–Crippen LogP) is 2.82. The minimum atomic E-state index is -0.0988. The number of amides is 1. The molecule has 1 aromatic carbocycles. The molecule has 0 bridgehead atoms. The number of thioether (sulfide) groups is 1. The van der Waals surface area contributed by atoms with Crippen LogP contribution in [0.1, 0.15) is 26.3 Å². The van der Waals surface area contributed by atoms with Gasteiger partial charge in [-0.25, -0.2) is 5.43 Å². The smallest absolute Gasteiger partial charge is 0.252 e. The summed E-state index contributed by atoms with van der Waals surface area (Å²) in [7, 11) is 0. The largest absolute Gasteiger partial charge is 0.272 e. The van der Waals surface area contributed by atoms with Crippen LogP contribution in [0, 0.1) is 0 Å². The van der Waals surface area contributed by atoms with Gasteiger partial charge in [0.05, 0.1) is 5.25 Å². The average Bonchev–Trinajstić information content (AvgIpc) is 2.34. The summed E-state index contributed by atoms with van der Waals surface area (Å²) < 4.78 is 0. The van der Waals surface area contributed by atoms with Crippen LogP contribution >= 0.6 is 11.8 Å². The van der Waals surface area contributed by atoms with Crippen molar-refractivity contribution >= 4 is 23.4 Å². The third-order valence-electron chi connectivity index (χ3n) is 2.10. The SMILES string of the molecule is CC(C)=NNC(=O)[C@@H](C)SCc1ccccc1. The van der Waals surface area contributed by atoms with Crippen molar-refractivity contribution in [3.63, 3.8) is 0 Å². The molecule has 1 N–H and O–H groups in total. The van der Waals surface area contributed by atoms with E-state index >= 15 is 0 Å². The molecule has 92 valence electrons. The fourth-order valence-corrected chi connectivity index (χ4v) is 1.97. The van der Waals surface area contributed by atoms with E-state index in [1.807, 2.05) is 39.0 Å². The van der Waals surface area contributed by atoms with E-state index in [1.165, 1.54) is 5.56 Å². The second-order valence-corrected chi connectivity index (χ2v) is 5.30. The third-order valence-corrected chi connectivity index (χ3v) is 3.32. The van der Waals surface area contributed by atoms with Gasteiger partial charge >= 0.3 is 0 Å². The van der Waals surface area contributed by atoms with E-state index in [9.17, 15) is 4.79 Å². The van der Waals surface area contributed by atoms with Crippen LogP contribution in [-0.2, 0) is 10.5 Å². The molecule has 1 rings (SSSR count). The molecule has 0 radical (unpaired) electrons. The molecule has 0 aromatic heterocycles. The highest BCUT2D eigenvalue weighted by Gasteiger charge is 2.12. The number of hydrogen-bond acceptors (Lipinski definition) is 3. The lowest BCUT2D eigenvalue weighted by atomic mass is 10.2. The lowest BCUT2D eigenvalue weighted by Crippen LogP contribution is -2.27. The summed E-state index contributed by atoms with van der Waals surface area (Å²) >= 11 is 1.61. The molecule has 4 heteroatoms. The Morgan fingerprint density at radius 1 is 1.35 bits per heavy atom. The van der Waals surface area contributed by atoms with Gasteiger partial charge in [-0.1, -0.05) is 30.3 Å². The van der Waals surface area contributed by atoms with E-state index in [4.69, 9.17) is 0 Å². The Morgan fingerprint density at radius 2 is 2.00 bits per heavy atom. The number of nitrogens with zero attached hydrogens (tertiary/aromatic N) is 1. The van der Waals surface area contributed by atoms with Gasteiger partial charge in [-0.2, -0.15) is 5.10 Å². The average molecular weight is 250 g/mol. The number of hydrogen-bond donors (Lipinski definition) is 1. The van der Waals surface area contributed by atoms with Gasteiger partial charge in [0.2, 0.25) is 0 Å². The minimum Gasteiger partial charge on any atom is -0.272 e. The molecule has 0 spiro atoms. The zero-order chi connectivity index (χ0) is 12.7. The van der Waals surface area contributed by atoms with Crippen LogP contribution in [0.5, 0.6) is 0 Å². The molecule has 0 fully saturated rings. The van der Waals surface area contributed by atoms with E-state index in [0.717, 1.165) is 11.5 Å².